The molecule has 1 N–H and O–H groups in total. The number of aryl methyl sites for hydroxylation is 3. The molecule has 0 atom stereocenters. The van der Waals surface area contributed by atoms with Crippen LogP contribution in [0.5, 0.6) is 5.88 Å². The van der Waals surface area contributed by atoms with Gasteiger partial charge in [0, 0.05) is 17.7 Å². The molecule has 0 fully saturated rings. The zero-order valence-electron chi connectivity index (χ0n) is 16.9. The number of ether oxygens (including phenoxy) is 1. The predicted octanol–water partition coefficient (Wildman–Crippen LogP) is 2.94. The number of amides is 1. The zero-order chi connectivity index (χ0) is 21.1. The van der Waals surface area contributed by atoms with Gasteiger partial charge in [0.1, 0.15) is 22.7 Å². The Hall–Kier alpha value is -3.75. The van der Waals surface area contributed by atoms with E-state index in [0.29, 0.717) is 35.6 Å². The highest BCUT2D eigenvalue weighted by Crippen LogP contribution is 2.32. The summed E-state index contributed by atoms with van der Waals surface area (Å²) >= 11 is 0. The molecular weight excluding hydrogens is 386 g/mol. The van der Waals surface area contributed by atoms with Crippen LogP contribution in [0.25, 0.3) is 22.4 Å². The molecule has 4 aromatic rings. The lowest BCUT2D eigenvalue weighted by atomic mass is 10.1. The second-order valence-electron chi connectivity index (χ2n) is 6.84. The first-order valence-corrected chi connectivity index (χ1v) is 9.53. The van der Waals surface area contributed by atoms with Crippen LogP contribution >= 0.6 is 0 Å². The standard InChI is InChI=1S/C21H21N5O4/c1-12-16(13(2)29-25-12)9-10-22-17(27)11-28-20-18-19(15-7-5-4-6-8-15)26-30-21(18)24-14(3)23-20/h4-8H,9-11H2,1-3H3,(H,22,27). The average Bonchev–Trinajstić information content (AvgIpc) is 3.30. The largest absolute Gasteiger partial charge is 0.467 e. The van der Waals surface area contributed by atoms with Crippen molar-refractivity contribution in [2.45, 2.75) is 27.2 Å². The molecule has 1 aromatic carbocycles. The van der Waals surface area contributed by atoms with Crippen LogP contribution in [0, 0.1) is 20.8 Å². The van der Waals surface area contributed by atoms with Crippen molar-refractivity contribution < 1.29 is 18.6 Å². The fraction of sp³-hybridized carbons (Fsp3) is 0.286. The molecule has 1 amide bonds. The topological polar surface area (TPSA) is 116 Å². The van der Waals surface area contributed by atoms with Crippen LogP contribution in [0.4, 0.5) is 0 Å². The first kappa shape index (κ1) is 19.6. The van der Waals surface area contributed by atoms with Gasteiger partial charge in [-0.2, -0.15) is 9.97 Å². The van der Waals surface area contributed by atoms with Crippen LogP contribution in [-0.2, 0) is 11.2 Å². The highest BCUT2D eigenvalue weighted by molar-refractivity contribution is 5.93. The number of benzene rings is 1. The summed E-state index contributed by atoms with van der Waals surface area (Å²) < 4.78 is 16.2. The van der Waals surface area contributed by atoms with E-state index in [1.54, 1.807) is 6.92 Å². The summed E-state index contributed by atoms with van der Waals surface area (Å²) in [6, 6.07) is 9.52. The predicted molar refractivity (Wildman–Crippen MR) is 108 cm³/mol. The molecule has 30 heavy (non-hydrogen) atoms. The number of carbonyl (C=O) groups excluding carboxylic acids is 1. The smallest absolute Gasteiger partial charge is 0.265 e. The molecule has 0 saturated heterocycles. The SMILES string of the molecule is Cc1nc(OCC(=O)NCCc2c(C)noc2C)c2c(-c3ccccc3)noc2n1. The maximum absolute atomic E-state index is 12.3. The van der Waals surface area contributed by atoms with Crippen LogP contribution in [0.2, 0.25) is 0 Å². The highest BCUT2D eigenvalue weighted by Gasteiger charge is 2.19. The maximum atomic E-state index is 12.3. The van der Waals surface area contributed by atoms with E-state index >= 15 is 0 Å². The molecule has 0 aliphatic carbocycles. The Morgan fingerprint density at radius 1 is 1.07 bits per heavy atom. The number of nitrogens with one attached hydrogen (secondary N) is 1. The van der Waals surface area contributed by atoms with Gasteiger partial charge >= 0.3 is 0 Å². The third-order valence-corrected chi connectivity index (χ3v) is 4.68. The highest BCUT2D eigenvalue weighted by atomic mass is 16.5. The summed E-state index contributed by atoms with van der Waals surface area (Å²) in [5.41, 5.74) is 3.56. The van der Waals surface area contributed by atoms with Gasteiger partial charge in [-0.1, -0.05) is 40.6 Å². The van der Waals surface area contributed by atoms with E-state index < -0.39 is 0 Å². The Morgan fingerprint density at radius 3 is 2.60 bits per heavy atom. The summed E-state index contributed by atoms with van der Waals surface area (Å²) in [6.07, 6.45) is 0.633. The molecule has 0 aliphatic heterocycles. The third-order valence-electron chi connectivity index (χ3n) is 4.68. The van der Waals surface area contributed by atoms with E-state index in [1.165, 1.54) is 0 Å². The summed E-state index contributed by atoms with van der Waals surface area (Å²) in [5.74, 6) is 1.23. The monoisotopic (exact) mass is 407 g/mol. The lowest BCUT2D eigenvalue weighted by Crippen LogP contribution is -2.30. The van der Waals surface area contributed by atoms with Gasteiger partial charge in [-0.3, -0.25) is 4.79 Å². The summed E-state index contributed by atoms with van der Waals surface area (Å²) in [4.78, 5) is 20.9. The van der Waals surface area contributed by atoms with Gasteiger partial charge in [-0.05, 0) is 27.2 Å². The number of fused-ring (bicyclic) bond motifs is 1. The number of nitrogens with zero attached hydrogens (tertiary/aromatic N) is 4. The molecule has 0 unspecified atom stereocenters. The fourth-order valence-corrected chi connectivity index (χ4v) is 3.19. The van der Waals surface area contributed by atoms with Crippen molar-refractivity contribution in [1.29, 1.82) is 0 Å². The molecule has 9 nitrogen and oxygen atoms in total. The average molecular weight is 407 g/mol. The molecule has 9 heteroatoms. The molecular formula is C21H21N5O4. The van der Waals surface area contributed by atoms with Crippen molar-refractivity contribution in [1.82, 2.24) is 25.6 Å². The number of aromatic nitrogens is 4. The Kier molecular flexibility index (Phi) is 5.42. The molecule has 0 bridgehead atoms. The van der Waals surface area contributed by atoms with E-state index in [1.807, 2.05) is 44.2 Å². The molecule has 0 radical (unpaired) electrons. The molecule has 0 spiro atoms. The van der Waals surface area contributed by atoms with Gasteiger partial charge in [-0.25, -0.2) is 0 Å². The molecule has 3 heterocycles. The summed E-state index contributed by atoms with van der Waals surface area (Å²) in [7, 11) is 0. The first-order valence-electron chi connectivity index (χ1n) is 9.53. The Bertz CT molecular complexity index is 1160. The normalized spacial score (nSPS) is 11.0. The Morgan fingerprint density at radius 2 is 1.87 bits per heavy atom. The van der Waals surface area contributed by atoms with Crippen molar-refractivity contribution in [3.63, 3.8) is 0 Å². The van der Waals surface area contributed by atoms with Gasteiger partial charge in [0.2, 0.25) is 5.88 Å². The van der Waals surface area contributed by atoms with Crippen molar-refractivity contribution in [2.24, 2.45) is 0 Å². The number of rotatable bonds is 7. The van der Waals surface area contributed by atoms with Crippen molar-refractivity contribution in [3.8, 4) is 17.1 Å². The van der Waals surface area contributed by atoms with Gasteiger partial charge in [0.15, 0.2) is 6.61 Å². The van der Waals surface area contributed by atoms with Crippen LogP contribution < -0.4 is 10.1 Å². The molecule has 0 aliphatic rings. The van der Waals surface area contributed by atoms with E-state index in [0.717, 1.165) is 22.6 Å². The van der Waals surface area contributed by atoms with Crippen LogP contribution in [0.1, 0.15) is 22.8 Å². The van der Waals surface area contributed by atoms with Gasteiger partial charge in [0.05, 0.1) is 5.69 Å². The van der Waals surface area contributed by atoms with Gasteiger partial charge in [-0.15, -0.1) is 0 Å². The minimum atomic E-state index is -0.260. The van der Waals surface area contributed by atoms with E-state index in [2.05, 4.69) is 25.6 Å². The number of carbonyl (C=O) groups is 1. The minimum Gasteiger partial charge on any atom is -0.467 e. The van der Waals surface area contributed by atoms with E-state index in [4.69, 9.17) is 13.8 Å². The molecule has 0 saturated carbocycles. The van der Waals surface area contributed by atoms with Crippen molar-refractivity contribution in [2.75, 3.05) is 13.2 Å². The first-order chi connectivity index (χ1) is 14.5. The van der Waals surface area contributed by atoms with Gasteiger partial charge in [0.25, 0.3) is 11.6 Å². The lowest BCUT2D eigenvalue weighted by molar-refractivity contribution is -0.123. The van der Waals surface area contributed by atoms with E-state index in [-0.39, 0.29) is 18.4 Å². The van der Waals surface area contributed by atoms with Crippen molar-refractivity contribution >= 4 is 17.0 Å². The second-order valence-corrected chi connectivity index (χ2v) is 6.84. The second kappa shape index (κ2) is 8.32. The minimum absolute atomic E-state index is 0.188. The Labute approximate surface area is 172 Å². The fourth-order valence-electron chi connectivity index (χ4n) is 3.19. The quantitative estimate of drug-likeness (QED) is 0.497. The summed E-state index contributed by atoms with van der Waals surface area (Å²) in [5, 5.41) is 11.4. The third kappa shape index (κ3) is 4.00. The molecule has 4 rings (SSSR count). The zero-order valence-corrected chi connectivity index (χ0v) is 16.9. The molecule has 154 valence electrons. The van der Waals surface area contributed by atoms with Crippen molar-refractivity contribution in [3.05, 3.63) is 53.2 Å². The van der Waals surface area contributed by atoms with E-state index in [9.17, 15) is 4.79 Å². The Balaban J connectivity index is 1.46. The van der Waals surface area contributed by atoms with Crippen LogP contribution in [-0.4, -0.2) is 39.3 Å². The lowest BCUT2D eigenvalue weighted by Gasteiger charge is -2.08. The van der Waals surface area contributed by atoms with Gasteiger partial charge < -0.3 is 19.1 Å². The van der Waals surface area contributed by atoms with Crippen LogP contribution in [0.3, 0.4) is 0 Å². The van der Waals surface area contributed by atoms with Crippen LogP contribution in [0.15, 0.2) is 39.4 Å². The summed E-state index contributed by atoms with van der Waals surface area (Å²) in [6.45, 7) is 5.72. The molecule has 3 aromatic heterocycles. The number of hydrogen-bond donors (Lipinski definition) is 1. The number of hydrogen-bond acceptors (Lipinski definition) is 8. The maximum Gasteiger partial charge on any atom is 0.265 e.